The molecule has 1 aromatic rings. The van der Waals surface area contributed by atoms with Crippen LogP contribution in [0, 0.1) is 11.3 Å². The highest BCUT2D eigenvalue weighted by atomic mass is 16.2. The molecule has 1 atom stereocenters. The smallest absolute Gasteiger partial charge is 0.317 e. The van der Waals surface area contributed by atoms with E-state index in [4.69, 9.17) is 5.26 Å². The van der Waals surface area contributed by atoms with Gasteiger partial charge in [0.15, 0.2) is 0 Å². The van der Waals surface area contributed by atoms with Crippen LogP contribution in [0.15, 0.2) is 24.3 Å². The van der Waals surface area contributed by atoms with Crippen molar-refractivity contribution in [1.82, 2.24) is 10.2 Å². The molecular formula is C13H14N4O. The lowest BCUT2D eigenvalue weighted by molar-refractivity contribution is 0.193. The summed E-state index contributed by atoms with van der Waals surface area (Å²) in [5, 5.41) is 12.1. The van der Waals surface area contributed by atoms with Gasteiger partial charge in [0.05, 0.1) is 17.7 Å². The average molecular weight is 242 g/mol. The van der Waals surface area contributed by atoms with Crippen molar-refractivity contribution in [2.45, 2.75) is 6.04 Å². The summed E-state index contributed by atoms with van der Waals surface area (Å²) in [4.78, 5) is 16.0. The van der Waals surface area contributed by atoms with Gasteiger partial charge in [-0.15, -0.1) is 0 Å². The molecule has 92 valence electrons. The van der Waals surface area contributed by atoms with E-state index in [1.807, 2.05) is 17.0 Å². The lowest BCUT2D eigenvalue weighted by Crippen LogP contribution is -2.49. The Balaban J connectivity index is 1.84. The van der Waals surface area contributed by atoms with E-state index >= 15 is 0 Å². The van der Waals surface area contributed by atoms with Gasteiger partial charge >= 0.3 is 6.03 Å². The van der Waals surface area contributed by atoms with Crippen molar-refractivity contribution in [3.63, 3.8) is 0 Å². The fraction of sp³-hybridized carbons (Fsp3) is 0.385. The van der Waals surface area contributed by atoms with Crippen LogP contribution in [0.1, 0.15) is 5.56 Å². The number of urea groups is 1. The van der Waals surface area contributed by atoms with E-state index in [1.165, 1.54) is 0 Å². The second-order valence-corrected chi connectivity index (χ2v) is 4.60. The fourth-order valence-electron chi connectivity index (χ4n) is 2.55. The van der Waals surface area contributed by atoms with Crippen LogP contribution in [0.25, 0.3) is 0 Å². The van der Waals surface area contributed by atoms with Crippen LogP contribution in [0.2, 0.25) is 0 Å². The van der Waals surface area contributed by atoms with Gasteiger partial charge in [0.25, 0.3) is 0 Å². The molecule has 2 aliphatic heterocycles. The molecule has 0 bridgehead atoms. The molecule has 5 heteroatoms. The molecule has 0 saturated carbocycles. The number of carbonyl (C=O) groups excluding carboxylic acids is 1. The molecule has 0 radical (unpaired) electrons. The second-order valence-electron chi connectivity index (χ2n) is 4.60. The maximum atomic E-state index is 12.3. The highest BCUT2D eigenvalue weighted by molar-refractivity contribution is 5.94. The number of hydrogen-bond donors (Lipinski definition) is 1. The molecule has 3 rings (SSSR count). The standard InChI is InChI=1S/C13H14N4O/c14-7-10-1-3-11(4-2-10)17-9-12-8-15-5-6-16(12)13(17)18/h1-4,12,15H,5-6,8-9H2. The molecule has 0 spiro atoms. The van der Waals surface area contributed by atoms with Crippen LogP contribution >= 0.6 is 0 Å². The average Bonchev–Trinajstić information content (AvgIpc) is 2.77. The third-order valence-corrected chi connectivity index (χ3v) is 3.53. The van der Waals surface area contributed by atoms with Crippen LogP contribution in [0.3, 0.4) is 0 Å². The molecule has 1 N–H and O–H groups in total. The minimum absolute atomic E-state index is 0.0752. The van der Waals surface area contributed by atoms with Crippen LogP contribution in [0.5, 0.6) is 0 Å². The molecule has 2 saturated heterocycles. The molecule has 0 aromatic heterocycles. The number of hydrogen-bond acceptors (Lipinski definition) is 3. The van der Waals surface area contributed by atoms with Gasteiger partial charge in [0.1, 0.15) is 0 Å². The van der Waals surface area contributed by atoms with Gasteiger partial charge in [-0.1, -0.05) is 0 Å². The maximum Gasteiger partial charge on any atom is 0.324 e. The molecule has 0 aliphatic carbocycles. The maximum absolute atomic E-state index is 12.3. The molecule has 2 fully saturated rings. The van der Waals surface area contributed by atoms with E-state index in [0.717, 1.165) is 31.9 Å². The summed E-state index contributed by atoms with van der Waals surface area (Å²) in [5.41, 5.74) is 1.48. The minimum atomic E-state index is 0.0752. The summed E-state index contributed by atoms with van der Waals surface area (Å²) >= 11 is 0. The number of nitrogens with one attached hydrogen (secondary N) is 1. The Kier molecular flexibility index (Phi) is 2.65. The van der Waals surface area contributed by atoms with Crippen LogP contribution in [-0.2, 0) is 0 Å². The lowest BCUT2D eigenvalue weighted by atomic mass is 10.2. The first kappa shape index (κ1) is 11.1. The first-order valence-corrected chi connectivity index (χ1v) is 6.08. The van der Waals surface area contributed by atoms with Crippen LogP contribution in [0.4, 0.5) is 10.5 Å². The second kappa shape index (κ2) is 4.31. The monoisotopic (exact) mass is 242 g/mol. The van der Waals surface area contributed by atoms with Crippen molar-refractivity contribution < 1.29 is 4.79 Å². The molecular weight excluding hydrogens is 228 g/mol. The van der Waals surface area contributed by atoms with Gasteiger partial charge in [-0.2, -0.15) is 5.26 Å². The van der Waals surface area contributed by atoms with E-state index in [9.17, 15) is 4.79 Å². The number of rotatable bonds is 1. The van der Waals surface area contributed by atoms with Crippen molar-refractivity contribution in [3.05, 3.63) is 29.8 Å². The number of amides is 2. The van der Waals surface area contributed by atoms with Gasteiger partial charge in [-0.25, -0.2) is 4.79 Å². The van der Waals surface area contributed by atoms with Crippen molar-refractivity contribution in [2.24, 2.45) is 0 Å². The molecule has 2 heterocycles. The number of fused-ring (bicyclic) bond motifs is 1. The number of piperazine rings is 1. The van der Waals surface area contributed by atoms with E-state index in [-0.39, 0.29) is 12.1 Å². The van der Waals surface area contributed by atoms with E-state index < -0.39 is 0 Å². The van der Waals surface area contributed by atoms with Gasteiger partial charge in [-0.3, -0.25) is 4.90 Å². The Labute approximate surface area is 106 Å². The Morgan fingerprint density at radius 3 is 2.78 bits per heavy atom. The van der Waals surface area contributed by atoms with Crippen LogP contribution < -0.4 is 10.2 Å². The first-order valence-electron chi connectivity index (χ1n) is 6.08. The number of nitriles is 1. The largest absolute Gasteiger partial charge is 0.324 e. The molecule has 2 aliphatic rings. The number of benzene rings is 1. The third-order valence-electron chi connectivity index (χ3n) is 3.53. The van der Waals surface area contributed by atoms with Gasteiger partial charge in [0.2, 0.25) is 0 Å². The van der Waals surface area contributed by atoms with Crippen molar-refractivity contribution in [1.29, 1.82) is 5.26 Å². The summed E-state index contributed by atoms with van der Waals surface area (Å²) in [6, 6.07) is 9.59. The summed E-state index contributed by atoms with van der Waals surface area (Å²) in [6.45, 7) is 3.22. The molecule has 2 amide bonds. The van der Waals surface area contributed by atoms with Crippen molar-refractivity contribution in [3.8, 4) is 6.07 Å². The van der Waals surface area contributed by atoms with E-state index in [0.29, 0.717) is 5.56 Å². The van der Waals surface area contributed by atoms with Gasteiger partial charge in [0, 0.05) is 31.9 Å². The quantitative estimate of drug-likeness (QED) is 0.791. The summed E-state index contributed by atoms with van der Waals surface area (Å²) in [7, 11) is 0. The molecule has 1 aromatic carbocycles. The summed E-state index contributed by atoms with van der Waals surface area (Å²) in [6.07, 6.45) is 0. The predicted molar refractivity (Wildman–Crippen MR) is 67.3 cm³/mol. The Hall–Kier alpha value is -2.06. The summed E-state index contributed by atoms with van der Waals surface area (Å²) < 4.78 is 0. The Morgan fingerprint density at radius 1 is 1.33 bits per heavy atom. The topological polar surface area (TPSA) is 59.4 Å². The lowest BCUT2D eigenvalue weighted by Gasteiger charge is -2.28. The predicted octanol–water partition coefficient (Wildman–Crippen LogP) is 0.772. The summed E-state index contributed by atoms with van der Waals surface area (Å²) in [5.74, 6) is 0. The number of carbonyl (C=O) groups is 1. The first-order chi connectivity index (χ1) is 8.79. The normalized spacial score (nSPS) is 22.8. The minimum Gasteiger partial charge on any atom is -0.317 e. The van der Waals surface area contributed by atoms with Crippen molar-refractivity contribution in [2.75, 3.05) is 31.1 Å². The van der Waals surface area contributed by atoms with Gasteiger partial charge < -0.3 is 10.2 Å². The molecule has 5 nitrogen and oxygen atoms in total. The zero-order chi connectivity index (χ0) is 12.5. The Morgan fingerprint density at radius 2 is 2.11 bits per heavy atom. The molecule has 18 heavy (non-hydrogen) atoms. The highest BCUT2D eigenvalue weighted by Crippen LogP contribution is 2.24. The third kappa shape index (κ3) is 1.71. The Bertz CT molecular complexity index is 505. The zero-order valence-electron chi connectivity index (χ0n) is 9.97. The van der Waals surface area contributed by atoms with Gasteiger partial charge in [-0.05, 0) is 24.3 Å². The van der Waals surface area contributed by atoms with Crippen molar-refractivity contribution >= 4 is 11.7 Å². The van der Waals surface area contributed by atoms with Crippen LogP contribution in [-0.4, -0.2) is 43.2 Å². The fourth-order valence-corrected chi connectivity index (χ4v) is 2.55. The zero-order valence-corrected chi connectivity index (χ0v) is 9.97. The van der Waals surface area contributed by atoms with E-state index in [2.05, 4.69) is 11.4 Å². The SMILES string of the molecule is N#Cc1ccc(N2CC3CNCCN3C2=O)cc1. The number of anilines is 1. The molecule has 1 unspecified atom stereocenters. The number of nitrogens with zero attached hydrogens (tertiary/aromatic N) is 3. The highest BCUT2D eigenvalue weighted by Gasteiger charge is 2.38. The van der Waals surface area contributed by atoms with E-state index in [1.54, 1.807) is 17.0 Å².